The molecule has 5 heteroatoms. The molecule has 106 valence electrons. The molecular weight excluding hydrogens is 266 g/mol. The van der Waals surface area contributed by atoms with E-state index in [4.69, 9.17) is 0 Å². The molecule has 5 nitrogen and oxygen atoms in total. The average Bonchev–Trinajstić information content (AvgIpc) is 2.84. The molecule has 3 aromatic rings. The Morgan fingerprint density at radius 2 is 2.14 bits per heavy atom. The molecule has 0 saturated carbocycles. The van der Waals surface area contributed by atoms with Crippen molar-refractivity contribution >= 4 is 0 Å². The Bertz CT molecular complexity index is 833. The Labute approximate surface area is 121 Å². The van der Waals surface area contributed by atoms with Crippen molar-refractivity contribution in [2.75, 3.05) is 0 Å². The highest BCUT2D eigenvalue weighted by Crippen LogP contribution is 2.20. The number of imidazole rings is 1. The van der Waals surface area contributed by atoms with Gasteiger partial charge >= 0.3 is 0 Å². The van der Waals surface area contributed by atoms with E-state index in [2.05, 4.69) is 9.97 Å². The normalized spacial score (nSPS) is 10.7. The second-order valence-corrected chi connectivity index (χ2v) is 4.94. The van der Waals surface area contributed by atoms with E-state index in [-0.39, 0.29) is 11.3 Å². The fraction of sp³-hybridized carbons (Fsp3) is 0.125. The van der Waals surface area contributed by atoms with Crippen LogP contribution < -0.4 is 5.56 Å². The summed E-state index contributed by atoms with van der Waals surface area (Å²) < 4.78 is 1.96. The summed E-state index contributed by atoms with van der Waals surface area (Å²) in [7, 11) is 0. The summed E-state index contributed by atoms with van der Waals surface area (Å²) in [5, 5.41) is 9.50. The molecule has 0 fully saturated rings. The summed E-state index contributed by atoms with van der Waals surface area (Å²) in [6, 6.07) is 10.3. The van der Waals surface area contributed by atoms with E-state index in [0.717, 1.165) is 11.4 Å². The Morgan fingerprint density at radius 1 is 1.29 bits per heavy atom. The molecule has 3 rings (SSSR count). The minimum atomic E-state index is -0.170. The van der Waals surface area contributed by atoms with Gasteiger partial charge in [-0.05, 0) is 36.8 Å². The number of aromatic nitrogens is 3. The Balaban J connectivity index is 1.93. The molecule has 2 N–H and O–H groups in total. The van der Waals surface area contributed by atoms with Gasteiger partial charge in [0.1, 0.15) is 5.75 Å². The van der Waals surface area contributed by atoms with Crippen molar-refractivity contribution in [2.45, 2.75) is 13.5 Å². The van der Waals surface area contributed by atoms with Crippen LogP contribution in [0.15, 0.2) is 53.7 Å². The van der Waals surface area contributed by atoms with E-state index in [0.29, 0.717) is 17.7 Å². The number of nitrogens with one attached hydrogen (secondary N) is 1. The number of aryl methyl sites for hydroxylation is 1. The van der Waals surface area contributed by atoms with Crippen LogP contribution in [0.5, 0.6) is 5.75 Å². The minimum absolute atomic E-state index is 0.144. The lowest BCUT2D eigenvalue weighted by Gasteiger charge is -2.07. The van der Waals surface area contributed by atoms with E-state index in [1.165, 1.54) is 0 Å². The highest BCUT2D eigenvalue weighted by molar-refractivity contribution is 5.63. The number of H-pyrrole nitrogens is 1. The van der Waals surface area contributed by atoms with Gasteiger partial charge in [-0.1, -0.05) is 12.1 Å². The molecule has 21 heavy (non-hydrogen) atoms. The molecule has 0 saturated heterocycles. The zero-order valence-electron chi connectivity index (χ0n) is 11.6. The number of pyridine rings is 1. The van der Waals surface area contributed by atoms with E-state index >= 15 is 0 Å². The lowest BCUT2D eigenvalue weighted by atomic mass is 10.1. The zero-order valence-corrected chi connectivity index (χ0v) is 11.6. The van der Waals surface area contributed by atoms with Crippen LogP contribution in [-0.4, -0.2) is 19.6 Å². The maximum absolute atomic E-state index is 12.2. The molecule has 0 unspecified atom stereocenters. The number of rotatable bonds is 3. The Hall–Kier alpha value is -2.82. The summed E-state index contributed by atoms with van der Waals surface area (Å²) in [4.78, 5) is 19.1. The van der Waals surface area contributed by atoms with Crippen molar-refractivity contribution in [3.8, 4) is 16.9 Å². The molecular formula is C16H15N3O2. The van der Waals surface area contributed by atoms with Gasteiger partial charge in [-0.15, -0.1) is 0 Å². The van der Waals surface area contributed by atoms with Crippen LogP contribution in [-0.2, 0) is 6.54 Å². The maximum atomic E-state index is 12.2. The standard InChI is InChI=1S/C16H15N3O2/c1-11-8-17-10-19(11)9-13-5-6-15(16(21)18-13)12-3-2-4-14(20)7-12/h2-8,10,20H,9H2,1H3,(H,18,21). The molecule has 0 aliphatic rings. The predicted molar refractivity (Wildman–Crippen MR) is 80.2 cm³/mol. The first-order valence-corrected chi connectivity index (χ1v) is 6.62. The largest absolute Gasteiger partial charge is 0.508 e. The van der Waals surface area contributed by atoms with Gasteiger partial charge in [-0.3, -0.25) is 4.79 Å². The molecule has 0 amide bonds. The first-order chi connectivity index (χ1) is 10.1. The number of benzene rings is 1. The van der Waals surface area contributed by atoms with Gasteiger partial charge in [0.2, 0.25) is 0 Å². The van der Waals surface area contributed by atoms with Crippen LogP contribution in [0.25, 0.3) is 11.1 Å². The molecule has 0 aliphatic heterocycles. The van der Waals surface area contributed by atoms with Crippen molar-refractivity contribution < 1.29 is 5.11 Å². The summed E-state index contributed by atoms with van der Waals surface area (Å²) in [5.74, 6) is 0.144. The number of aromatic amines is 1. The van der Waals surface area contributed by atoms with Gasteiger partial charge in [-0.25, -0.2) is 4.98 Å². The van der Waals surface area contributed by atoms with Crippen LogP contribution in [0.2, 0.25) is 0 Å². The molecule has 0 atom stereocenters. The van der Waals surface area contributed by atoms with E-state index < -0.39 is 0 Å². The van der Waals surface area contributed by atoms with Gasteiger partial charge in [0.15, 0.2) is 0 Å². The highest BCUT2D eigenvalue weighted by Gasteiger charge is 2.06. The highest BCUT2D eigenvalue weighted by atomic mass is 16.3. The van der Waals surface area contributed by atoms with Gasteiger partial charge in [-0.2, -0.15) is 0 Å². The lowest BCUT2D eigenvalue weighted by molar-refractivity contribution is 0.475. The average molecular weight is 281 g/mol. The predicted octanol–water partition coefficient (Wildman–Crippen LogP) is 2.30. The molecule has 0 bridgehead atoms. The molecule has 2 aromatic heterocycles. The van der Waals surface area contributed by atoms with E-state index in [1.807, 2.05) is 17.6 Å². The van der Waals surface area contributed by atoms with Gasteiger partial charge in [0, 0.05) is 23.1 Å². The third-order valence-electron chi connectivity index (χ3n) is 3.39. The number of phenolic OH excluding ortho intramolecular Hbond substituents is 1. The molecule has 0 radical (unpaired) electrons. The quantitative estimate of drug-likeness (QED) is 0.774. The van der Waals surface area contributed by atoms with Crippen molar-refractivity contribution in [3.63, 3.8) is 0 Å². The van der Waals surface area contributed by atoms with Crippen LogP contribution in [0.3, 0.4) is 0 Å². The van der Waals surface area contributed by atoms with Gasteiger partial charge < -0.3 is 14.7 Å². The number of phenols is 1. The van der Waals surface area contributed by atoms with Crippen LogP contribution in [0, 0.1) is 6.92 Å². The Morgan fingerprint density at radius 3 is 2.81 bits per heavy atom. The fourth-order valence-electron chi connectivity index (χ4n) is 2.24. The first kappa shape index (κ1) is 13.2. The van der Waals surface area contributed by atoms with Crippen molar-refractivity contribution in [2.24, 2.45) is 0 Å². The summed E-state index contributed by atoms with van der Waals surface area (Å²) in [5.41, 5.74) is 2.91. The zero-order chi connectivity index (χ0) is 14.8. The number of hydrogen-bond donors (Lipinski definition) is 2. The second kappa shape index (κ2) is 5.28. The number of nitrogens with zero attached hydrogens (tertiary/aromatic N) is 2. The summed E-state index contributed by atoms with van der Waals surface area (Å²) in [6.07, 6.45) is 3.51. The first-order valence-electron chi connectivity index (χ1n) is 6.62. The van der Waals surface area contributed by atoms with Crippen LogP contribution in [0.4, 0.5) is 0 Å². The fourth-order valence-corrected chi connectivity index (χ4v) is 2.24. The third kappa shape index (κ3) is 2.72. The SMILES string of the molecule is Cc1cncn1Cc1ccc(-c2cccc(O)c2)c(=O)[nH]1. The third-order valence-corrected chi connectivity index (χ3v) is 3.39. The summed E-state index contributed by atoms with van der Waals surface area (Å²) >= 11 is 0. The minimum Gasteiger partial charge on any atom is -0.508 e. The van der Waals surface area contributed by atoms with Gasteiger partial charge in [0.25, 0.3) is 5.56 Å². The van der Waals surface area contributed by atoms with Gasteiger partial charge in [0.05, 0.1) is 12.9 Å². The number of hydrogen-bond acceptors (Lipinski definition) is 3. The Kier molecular flexibility index (Phi) is 3.31. The maximum Gasteiger partial charge on any atom is 0.256 e. The van der Waals surface area contributed by atoms with Crippen molar-refractivity contribution in [1.82, 2.24) is 14.5 Å². The monoisotopic (exact) mass is 281 g/mol. The molecule has 0 spiro atoms. The topological polar surface area (TPSA) is 70.9 Å². The lowest BCUT2D eigenvalue weighted by Crippen LogP contribution is -2.13. The van der Waals surface area contributed by atoms with Crippen molar-refractivity contribution in [3.05, 3.63) is 70.7 Å². The summed E-state index contributed by atoms with van der Waals surface area (Å²) in [6.45, 7) is 2.54. The van der Waals surface area contributed by atoms with Crippen molar-refractivity contribution in [1.29, 1.82) is 0 Å². The molecule has 0 aliphatic carbocycles. The molecule has 1 aromatic carbocycles. The second-order valence-electron chi connectivity index (χ2n) is 4.94. The van der Waals surface area contributed by atoms with Crippen LogP contribution >= 0.6 is 0 Å². The van der Waals surface area contributed by atoms with E-state index in [9.17, 15) is 9.90 Å². The van der Waals surface area contributed by atoms with Crippen LogP contribution in [0.1, 0.15) is 11.4 Å². The molecule has 2 heterocycles. The number of aromatic hydroxyl groups is 1. The smallest absolute Gasteiger partial charge is 0.256 e. The van der Waals surface area contributed by atoms with E-state index in [1.54, 1.807) is 42.9 Å².